The van der Waals surface area contributed by atoms with Crippen LogP contribution in [-0.2, 0) is 0 Å². The molecule has 3 nitrogen and oxygen atoms in total. The zero-order valence-corrected chi connectivity index (χ0v) is 6.88. The van der Waals surface area contributed by atoms with E-state index in [4.69, 9.17) is 0 Å². The molecule has 1 aliphatic carbocycles. The summed E-state index contributed by atoms with van der Waals surface area (Å²) in [4.78, 5) is 12.7. The fraction of sp³-hybridized carbons (Fsp3) is 0.100. The Morgan fingerprint density at radius 3 is 3.08 bits per heavy atom. The van der Waals surface area contributed by atoms with Gasteiger partial charge in [-0.15, -0.1) is 0 Å². The van der Waals surface area contributed by atoms with E-state index in [1.165, 1.54) is 0 Å². The Kier molecular flexibility index (Phi) is 1.10. The maximum absolute atomic E-state index is 4.38. The molecule has 2 heterocycles. The fourth-order valence-corrected chi connectivity index (χ4v) is 1.75. The lowest BCUT2D eigenvalue weighted by Gasteiger charge is -2.28. The number of aliphatic imine (C=N–C) groups is 3. The Hall–Kier alpha value is -1.77. The topological polar surface area (TPSA) is 37.1 Å². The van der Waals surface area contributed by atoms with Gasteiger partial charge in [0.15, 0.2) is 0 Å². The fourth-order valence-electron chi connectivity index (χ4n) is 1.75. The van der Waals surface area contributed by atoms with Gasteiger partial charge in [-0.05, 0) is 6.08 Å². The molecule has 3 rings (SSSR count). The summed E-state index contributed by atoms with van der Waals surface area (Å²) in [5, 5.41) is 0. The third-order valence-electron chi connectivity index (χ3n) is 2.40. The summed E-state index contributed by atoms with van der Waals surface area (Å²) in [5.41, 5.74) is 1.67. The second-order valence-electron chi connectivity index (χ2n) is 3.08. The molecule has 0 saturated heterocycles. The van der Waals surface area contributed by atoms with Crippen molar-refractivity contribution in [2.75, 3.05) is 0 Å². The van der Waals surface area contributed by atoms with Crippen LogP contribution in [0.3, 0.4) is 0 Å². The van der Waals surface area contributed by atoms with Crippen LogP contribution < -0.4 is 0 Å². The van der Waals surface area contributed by atoms with E-state index < -0.39 is 5.66 Å². The molecule has 0 saturated carbocycles. The Morgan fingerprint density at radius 2 is 2.08 bits per heavy atom. The van der Waals surface area contributed by atoms with Crippen LogP contribution in [0.4, 0.5) is 0 Å². The molecule has 0 bridgehead atoms. The Morgan fingerprint density at radius 1 is 1.08 bits per heavy atom. The highest BCUT2D eigenvalue weighted by Gasteiger charge is 2.39. The summed E-state index contributed by atoms with van der Waals surface area (Å²) in [7, 11) is 0. The van der Waals surface area contributed by atoms with E-state index in [1.54, 1.807) is 12.6 Å². The van der Waals surface area contributed by atoms with Gasteiger partial charge in [0.25, 0.3) is 0 Å². The van der Waals surface area contributed by atoms with Crippen LogP contribution in [0.1, 0.15) is 0 Å². The van der Waals surface area contributed by atoms with Gasteiger partial charge < -0.3 is 0 Å². The van der Waals surface area contributed by atoms with E-state index in [1.807, 2.05) is 30.5 Å². The molecule has 0 radical (unpaired) electrons. The van der Waals surface area contributed by atoms with Crippen molar-refractivity contribution < 1.29 is 0 Å². The second kappa shape index (κ2) is 2.13. The van der Waals surface area contributed by atoms with Crippen molar-refractivity contribution >= 4 is 18.8 Å². The lowest BCUT2D eigenvalue weighted by molar-refractivity contribution is 0.662. The zero-order chi connectivity index (χ0) is 8.73. The second-order valence-corrected chi connectivity index (χ2v) is 3.08. The lowest BCUT2D eigenvalue weighted by Crippen LogP contribution is -2.31. The zero-order valence-electron chi connectivity index (χ0n) is 6.88. The molecule has 1 spiro atoms. The third kappa shape index (κ3) is 0.710. The van der Waals surface area contributed by atoms with E-state index in [0.717, 1.165) is 11.1 Å². The van der Waals surface area contributed by atoms with Crippen molar-refractivity contribution in [2.24, 2.45) is 15.0 Å². The SMILES string of the molecule is C1=CC2=CC=NC23N=CN=CC3=C1. The van der Waals surface area contributed by atoms with Crippen molar-refractivity contribution in [1.29, 1.82) is 0 Å². The predicted octanol–water partition coefficient (Wildman–Crippen LogP) is 1.30. The van der Waals surface area contributed by atoms with Crippen LogP contribution in [0.25, 0.3) is 0 Å². The highest BCUT2D eigenvalue weighted by atomic mass is 15.1. The maximum atomic E-state index is 4.38. The van der Waals surface area contributed by atoms with Gasteiger partial charge in [0.05, 0.1) is 0 Å². The first kappa shape index (κ1) is 6.71. The molecule has 62 valence electrons. The van der Waals surface area contributed by atoms with Crippen LogP contribution in [0.2, 0.25) is 0 Å². The summed E-state index contributed by atoms with van der Waals surface area (Å²) < 4.78 is 0. The van der Waals surface area contributed by atoms with Gasteiger partial charge in [-0.1, -0.05) is 18.2 Å². The molecule has 3 aliphatic rings. The molecule has 0 N–H and O–H groups in total. The Balaban J connectivity index is 2.28. The summed E-state index contributed by atoms with van der Waals surface area (Å²) in [5.74, 6) is 0. The van der Waals surface area contributed by atoms with Crippen LogP contribution in [0.15, 0.2) is 50.4 Å². The molecule has 0 amide bonds. The molecule has 13 heavy (non-hydrogen) atoms. The number of nitrogens with zero attached hydrogens (tertiary/aromatic N) is 3. The minimum atomic E-state index is -0.490. The van der Waals surface area contributed by atoms with E-state index >= 15 is 0 Å². The Bertz CT molecular complexity index is 435. The van der Waals surface area contributed by atoms with Gasteiger partial charge in [0, 0.05) is 23.6 Å². The van der Waals surface area contributed by atoms with Crippen LogP contribution in [-0.4, -0.2) is 24.4 Å². The smallest absolute Gasteiger partial charge is 0.204 e. The van der Waals surface area contributed by atoms with Gasteiger partial charge in [-0.3, -0.25) is 4.99 Å². The monoisotopic (exact) mass is 169 g/mol. The molecular formula is C10H7N3. The molecule has 0 aromatic carbocycles. The van der Waals surface area contributed by atoms with Gasteiger partial charge in [0.1, 0.15) is 6.34 Å². The third-order valence-corrected chi connectivity index (χ3v) is 2.40. The summed E-state index contributed by atoms with van der Waals surface area (Å²) >= 11 is 0. The molecule has 1 unspecified atom stereocenters. The normalized spacial score (nSPS) is 32.6. The standard InChI is InChI=1S/C10H7N3/c1-2-8-4-5-12-10(8)9(3-1)6-11-7-13-10/h1-7H. The van der Waals surface area contributed by atoms with E-state index in [0.29, 0.717) is 0 Å². The largest absolute Gasteiger partial charge is 0.254 e. The predicted molar refractivity (Wildman–Crippen MR) is 53.5 cm³/mol. The molecule has 3 heteroatoms. The summed E-state index contributed by atoms with van der Waals surface area (Å²) in [6.07, 6.45) is 13.2. The van der Waals surface area contributed by atoms with Crippen molar-refractivity contribution in [1.82, 2.24) is 0 Å². The van der Waals surface area contributed by atoms with Crippen LogP contribution >= 0.6 is 0 Å². The summed E-state index contributed by atoms with van der Waals surface area (Å²) in [6, 6.07) is 0. The lowest BCUT2D eigenvalue weighted by atomic mass is 9.89. The minimum Gasteiger partial charge on any atom is -0.254 e. The van der Waals surface area contributed by atoms with Crippen molar-refractivity contribution in [3.63, 3.8) is 0 Å². The first-order chi connectivity index (χ1) is 6.42. The number of rotatable bonds is 0. The van der Waals surface area contributed by atoms with Gasteiger partial charge in [-0.2, -0.15) is 0 Å². The minimum absolute atomic E-state index is 0.490. The van der Waals surface area contributed by atoms with E-state index in [-0.39, 0.29) is 0 Å². The van der Waals surface area contributed by atoms with Crippen LogP contribution in [0.5, 0.6) is 0 Å². The number of hydrogen-bond acceptors (Lipinski definition) is 3. The highest BCUT2D eigenvalue weighted by Crippen LogP contribution is 2.38. The molecule has 0 aromatic heterocycles. The van der Waals surface area contributed by atoms with Crippen LogP contribution in [0, 0.1) is 0 Å². The Labute approximate surface area is 75.6 Å². The molecule has 2 aliphatic heterocycles. The van der Waals surface area contributed by atoms with Gasteiger partial charge in [0.2, 0.25) is 5.66 Å². The maximum Gasteiger partial charge on any atom is 0.204 e. The average molecular weight is 169 g/mol. The quantitative estimate of drug-likeness (QED) is 0.524. The molecule has 1 atom stereocenters. The summed E-state index contributed by atoms with van der Waals surface area (Å²) in [6.45, 7) is 0. The number of allylic oxidation sites excluding steroid dienone is 3. The molecule has 0 fully saturated rings. The molecular weight excluding hydrogens is 162 g/mol. The van der Waals surface area contributed by atoms with Gasteiger partial charge in [-0.25, -0.2) is 9.98 Å². The van der Waals surface area contributed by atoms with E-state index in [9.17, 15) is 0 Å². The molecule has 0 aromatic rings. The first-order valence-electron chi connectivity index (χ1n) is 4.13. The van der Waals surface area contributed by atoms with Crippen molar-refractivity contribution in [2.45, 2.75) is 5.66 Å². The van der Waals surface area contributed by atoms with E-state index in [2.05, 4.69) is 15.0 Å². The van der Waals surface area contributed by atoms with Crippen molar-refractivity contribution in [3.8, 4) is 0 Å². The van der Waals surface area contributed by atoms with Crippen molar-refractivity contribution in [3.05, 3.63) is 35.5 Å². The van der Waals surface area contributed by atoms with Gasteiger partial charge >= 0.3 is 0 Å². The average Bonchev–Trinajstić information content (AvgIpc) is 2.58. The highest BCUT2D eigenvalue weighted by molar-refractivity contribution is 5.96. The first-order valence-corrected chi connectivity index (χ1v) is 4.13. The number of hydrogen-bond donors (Lipinski definition) is 0.